The van der Waals surface area contributed by atoms with Crippen molar-refractivity contribution in [3.05, 3.63) is 35.6 Å². The van der Waals surface area contributed by atoms with Gasteiger partial charge in [-0.2, -0.15) is 5.10 Å². The van der Waals surface area contributed by atoms with Crippen LogP contribution in [0.25, 0.3) is 0 Å². The second kappa shape index (κ2) is 5.09. The molecule has 0 spiro atoms. The summed E-state index contributed by atoms with van der Waals surface area (Å²) in [5.41, 5.74) is 2.83. The van der Waals surface area contributed by atoms with Crippen molar-refractivity contribution in [1.82, 2.24) is 5.43 Å². The van der Waals surface area contributed by atoms with E-state index in [4.69, 9.17) is 0 Å². The first-order chi connectivity index (χ1) is 7.15. The van der Waals surface area contributed by atoms with Crippen molar-refractivity contribution in [3.63, 3.8) is 0 Å². The number of amides is 1. The monoisotopic (exact) mass is 210 g/mol. The predicted octanol–water partition coefficient (Wildman–Crippen LogP) is 1.91. The first-order valence-electron chi connectivity index (χ1n) is 4.28. The number of rotatable bonds is 2. The molecule has 15 heavy (non-hydrogen) atoms. The largest absolute Gasteiger partial charge is 0.452 e. The van der Waals surface area contributed by atoms with E-state index in [0.717, 1.165) is 0 Å². The molecule has 1 amide bonds. The van der Waals surface area contributed by atoms with Crippen LogP contribution in [-0.4, -0.2) is 18.9 Å². The smallest absolute Gasteiger partial charge is 0.427 e. The third-order valence-corrected chi connectivity index (χ3v) is 1.76. The van der Waals surface area contributed by atoms with Gasteiger partial charge in [0.1, 0.15) is 5.82 Å². The minimum atomic E-state index is -0.689. The van der Waals surface area contributed by atoms with Crippen LogP contribution in [0.2, 0.25) is 0 Å². The summed E-state index contributed by atoms with van der Waals surface area (Å²) in [6.07, 6.45) is -0.689. The fraction of sp³-hybridized carbons (Fsp3) is 0.200. The average Bonchev–Trinajstić information content (AvgIpc) is 2.26. The maximum Gasteiger partial charge on any atom is 0.427 e. The average molecular weight is 210 g/mol. The molecular weight excluding hydrogens is 199 g/mol. The summed E-state index contributed by atoms with van der Waals surface area (Å²) in [4.78, 5) is 10.7. The molecule has 1 aromatic carbocycles. The van der Waals surface area contributed by atoms with Crippen LogP contribution < -0.4 is 5.43 Å². The molecule has 1 rings (SSSR count). The van der Waals surface area contributed by atoms with E-state index in [1.807, 2.05) is 0 Å². The lowest BCUT2D eigenvalue weighted by molar-refractivity contribution is 0.171. The number of benzene rings is 1. The molecule has 0 aliphatic carbocycles. The lowest BCUT2D eigenvalue weighted by Gasteiger charge is -2.02. The molecule has 0 aliphatic heterocycles. The highest BCUT2D eigenvalue weighted by atomic mass is 19.1. The number of hydrazone groups is 1. The van der Waals surface area contributed by atoms with Gasteiger partial charge >= 0.3 is 6.09 Å². The molecule has 0 fully saturated rings. The molecule has 5 heteroatoms. The Balaban J connectivity index is 2.80. The van der Waals surface area contributed by atoms with Crippen LogP contribution in [0.1, 0.15) is 12.5 Å². The summed E-state index contributed by atoms with van der Waals surface area (Å²) < 4.78 is 17.5. The highest BCUT2D eigenvalue weighted by Crippen LogP contribution is 2.07. The molecular formula is C10H11FN2O2. The molecule has 0 aliphatic rings. The fourth-order valence-electron chi connectivity index (χ4n) is 0.990. The van der Waals surface area contributed by atoms with Gasteiger partial charge in [0.2, 0.25) is 0 Å². The van der Waals surface area contributed by atoms with Crippen LogP contribution in [0.3, 0.4) is 0 Å². The van der Waals surface area contributed by atoms with Crippen LogP contribution in [-0.2, 0) is 4.74 Å². The maximum atomic E-state index is 13.2. The molecule has 1 aromatic rings. The SMILES string of the molecule is COC(=O)NN=C(C)c1ccccc1F. The number of carbonyl (C=O) groups is 1. The van der Waals surface area contributed by atoms with E-state index in [9.17, 15) is 9.18 Å². The summed E-state index contributed by atoms with van der Waals surface area (Å²) in [5, 5.41) is 3.68. The lowest BCUT2D eigenvalue weighted by atomic mass is 10.1. The van der Waals surface area contributed by atoms with Crippen molar-refractivity contribution in [2.75, 3.05) is 7.11 Å². The summed E-state index contributed by atoms with van der Waals surface area (Å²) in [5.74, 6) is -0.384. The maximum absolute atomic E-state index is 13.2. The molecule has 80 valence electrons. The van der Waals surface area contributed by atoms with Gasteiger partial charge in [-0.25, -0.2) is 14.6 Å². The zero-order valence-electron chi connectivity index (χ0n) is 8.45. The number of hydrogen-bond acceptors (Lipinski definition) is 3. The molecule has 1 N–H and O–H groups in total. The molecule has 4 nitrogen and oxygen atoms in total. The number of nitrogens with zero attached hydrogens (tertiary/aromatic N) is 1. The molecule has 0 bridgehead atoms. The van der Waals surface area contributed by atoms with E-state index >= 15 is 0 Å². The topological polar surface area (TPSA) is 50.7 Å². The van der Waals surface area contributed by atoms with Crippen molar-refractivity contribution >= 4 is 11.8 Å². The Bertz CT molecular complexity index is 391. The van der Waals surface area contributed by atoms with Crippen molar-refractivity contribution in [1.29, 1.82) is 0 Å². The number of ether oxygens (including phenoxy) is 1. The van der Waals surface area contributed by atoms with Gasteiger partial charge in [0.15, 0.2) is 0 Å². The quantitative estimate of drug-likeness (QED) is 0.598. The second-order valence-electron chi connectivity index (χ2n) is 2.78. The number of nitrogens with one attached hydrogen (secondary N) is 1. The Morgan fingerprint density at radius 3 is 2.73 bits per heavy atom. The van der Waals surface area contributed by atoms with E-state index in [1.54, 1.807) is 25.1 Å². The van der Waals surface area contributed by atoms with Crippen LogP contribution >= 0.6 is 0 Å². The number of halogens is 1. The molecule has 0 saturated heterocycles. The van der Waals surface area contributed by atoms with E-state index in [-0.39, 0.29) is 5.82 Å². The molecule has 0 atom stereocenters. The Morgan fingerprint density at radius 1 is 1.47 bits per heavy atom. The highest BCUT2D eigenvalue weighted by Gasteiger charge is 2.04. The van der Waals surface area contributed by atoms with Gasteiger partial charge in [-0.15, -0.1) is 0 Å². The van der Waals surface area contributed by atoms with Gasteiger partial charge in [-0.3, -0.25) is 0 Å². The molecule has 0 saturated carbocycles. The van der Waals surface area contributed by atoms with Crippen LogP contribution in [0, 0.1) is 5.82 Å². The van der Waals surface area contributed by atoms with Gasteiger partial charge < -0.3 is 4.74 Å². The first kappa shape index (κ1) is 11.2. The van der Waals surface area contributed by atoms with Crippen LogP contribution in [0.15, 0.2) is 29.4 Å². The normalized spacial score (nSPS) is 11.0. The third kappa shape index (κ3) is 3.05. The Morgan fingerprint density at radius 2 is 2.13 bits per heavy atom. The Labute approximate surface area is 86.7 Å². The van der Waals surface area contributed by atoms with Gasteiger partial charge in [0, 0.05) is 5.56 Å². The van der Waals surface area contributed by atoms with Gasteiger partial charge in [0.05, 0.1) is 12.8 Å². The zero-order valence-corrected chi connectivity index (χ0v) is 8.45. The summed E-state index contributed by atoms with van der Waals surface area (Å²) in [6.45, 7) is 1.59. The zero-order chi connectivity index (χ0) is 11.3. The van der Waals surface area contributed by atoms with Crippen LogP contribution in [0.5, 0.6) is 0 Å². The Kier molecular flexibility index (Phi) is 3.79. The minimum Gasteiger partial charge on any atom is -0.452 e. The van der Waals surface area contributed by atoms with Crippen molar-refractivity contribution in [2.45, 2.75) is 6.92 Å². The van der Waals surface area contributed by atoms with Crippen LogP contribution in [0.4, 0.5) is 9.18 Å². The van der Waals surface area contributed by atoms with Gasteiger partial charge in [-0.05, 0) is 13.0 Å². The summed E-state index contributed by atoms with van der Waals surface area (Å²) >= 11 is 0. The van der Waals surface area contributed by atoms with E-state index in [2.05, 4.69) is 15.3 Å². The minimum absolute atomic E-state index is 0.342. The number of carbonyl (C=O) groups excluding carboxylic acids is 1. The standard InChI is InChI=1S/C10H11FN2O2/c1-7(12-13-10(14)15-2)8-5-3-4-6-9(8)11/h3-6H,1-2H3,(H,13,14). The van der Waals surface area contributed by atoms with E-state index < -0.39 is 6.09 Å². The molecule has 0 heterocycles. The third-order valence-electron chi connectivity index (χ3n) is 1.76. The first-order valence-corrected chi connectivity index (χ1v) is 4.28. The van der Waals surface area contributed by atoms with Crippen molar-refractivity contribution in [3.8, 4) is 0 Å². The molecule has 0 unspecified atom stereocenters. The van der Waals surface area contributed by atoms with Crippen molar-refractivity contribution in [2.24, 2.45) is 5.10 Å². The van der Waals surface area contributed by atoms with Gasteiger partial charge in [-0.1, -0.05) is 18.2 Å². The lowest BCUT2D eigenvalue weighted by Crippen LogP contribution is -2.19. The fourth-order valence-corrected chi connectivity index (χ4v) is 0.990. The highest BCUT2D eigenvalue weighted by molar-refractivity contribution is 5.99. The number of hydrogen-bond donors (Lipinski definition) is 1. The molecule has 0 aromatic heterocycles. The summed E-state index contributed by atoms with van der Waals surface area (Å²) in [6, 6.07) is 6.18. The number of methoxy groups -OCH3 is 1. The summed E-state index contributed by atoms with van der Waals surface area (Å²) in [7, 11) is 1.23. The Hall–Kier alpha value is -1.91. The van der Waals surface area contributed by atoms with Crippen molar-refractivity contribution < 1.29 is 13.9 Å². The molecule has 0 radical (unpaired) electrons. The van der Waals surface area contributed by atoms with E-state index in [0.29, 0.717) is 11.3 Å². The van der Waals surface area contributed by atoms with E-state index in [1.165, 1.54) is 13.2 Å². The second-order valence-corrected chi connectivity index (χ2v) is 2.78. The van der Waals surface area contributed by atoms with Gasteiger partial charge in [0.25, 0.3) is 0 Å². The predicted molar refractivity (Wildman–Crippen MR) is 54.2 cm³/mol.